The normalized spacial score (nSPS) is 11.7. The van der Waals surface area contributed by atoms with Crippen LogP contribution in [0.5, 0.6) is 5.75 Å². The zero-order valence-electron chi connectivity index (χ0n) is 36.2. The van der Waals surface area contributed by atoms with Crippen LogP contribution in [-0.4, -0.2) is 10.1 Å². The van der Waals surface area contributed by atoms with Crippen LogP contribution >= 0.6 is 0 Å². The van der Waals surface area contributed by atoms with Gasteiger partial charge in [0.15, 0.2) is 0 Å². The molecule has 0 saturated heterocycles. The van der Waals surface area contributed by atoms with E-state index in [4.69, 9.17) is 10.7 Å². The Bertz CT molecular complexity index is 2780. The van der Waals surface area contributed by atoms with Gasteiger partial charge < -0.3 is 15.7 Å². The first-order valence-corrected chi connectivity index (χ1v) is 21.3. The molecule has 1 aromatic heterocycles. The lowest BCUT2D eigenvalue weighted by Gasteiger charge is -2.32. The fourth-order valence-electron chi connectivity index (χ4n) is 8.02. The molecule has 0 aliphatic rings. The van der Waals surface area contributed by atoms with E-state index in [0.29, 0.717) is 12.2 Å². The first-order valence-electron chi connectivity index (χ1n) is 21.3. The van der Waals surface area contributed by atoms with Gasteiger partial charge in [-0.1, -0.05) is 169 Å². The van der Waals surface area contributed by atoms with E-state index < -0.39 is 0 Å². The first-order chi connectivity index (χ1) is 29.4. The summed E-state index contributed by atoms with van der Waals surface area (Å²) in [6.07, 6.45) is 2.91. The van der Waals surface area contributed by atoms with Crippen LogP contribution in [0.4, 0.5) is 17.1 Å². The molecule has 8 aromatic rings. The molecule has 4 nitrogen and oxygen atoms in total. The molecule has 0 aliphatic carbocycles. The SMILES string of the molecule is CCC(C)(C)c1ccc(N(Cc2ccccc2O)c2cccc(-c3cc(-c4cc(-c5ccc(-c6ccccc6)cc5)ccn4)cc(C(C)(C)C)c3)c2N)c(-c2ccccc2)c1. The summed E-state index contributed by atoms with van der Waals surface area (Å²) in [7, 11) is 0. The Morgan fingerprint density at radius 2 is 1.13 bits per heavy atom. The number of aromatic nitrogens is 1. The topological polar surface area (TPSA) is 62.4 Å². The molecule has 3 N–H and O–H groups in total. The van der Waals surface area contributed by atoms with Gasteiger partial charge in [0.2, 0.25) is 0 Å². The van der Waals surface area contributed by atoms with Gasteiger partial charge in [-0.15, -0.1) is 0 Å². The zero-order valence-corrected chi connectivity index (χ0v) is 36.2. The number of para-hydroxylation sites is 2. The fourth-order valence-corrected chi connectivity index (χ4v) is 8.02. The van der Waals surface area contributed by atoms with Crippen molar-refractivity contribution < 1.29 is 5.11 Å². The summed E-state index contributed by atoms with van der Waals surface area (Å²) in [4.78, 5) is 7.19. The molecule has 0 aliphatic heterocycles. The van der Waals surface area contributed by atoms with Crippen LogP contribution in [0, 0.1) is 0 Å². The molecule has 0 atom stereocenters. The maximum absolute atomic E-state index is 11.2. The quantitative estimate of drug-likeness (QED) is 0.128. The molecule has 0 radical (unpaired) electrons. The van der Waals surface area contributed by atoms with E-state index in [0.717, 1.165) is 68.0 Å². The Balaban J connectivity index is 1.26. The smallest absolute Gasteiger partial charge is 0.120 e. The maximum Gasteiger partial charge on any atom is 0.120 e. The number of phenols is 1. The average Bonchev–Trinajstić information content (AvgIpc) is 3.29. The van der Waals surface area contributed by atoms with Crippen LogP contribution in [0.1, 0.15) is 64.7 Å². The van der Waals surface area contributed by atoms with Crippen LogP contribution in [-0.2, 0) is 17.4 Å². The van der Waals surface area contributed by atoms with Crippen LogP contribution in [0.3, 0.4) is 0 Å². The third-order valence-electron chi connectivity index (χ3n) is 12.2. The Hall–Kier alpha value is -6.91. The van der Waals surface area contributed by atoms with Crippen molar-refractivity contribution in [3.8, 4) is 61.5 Å². The number of phenolic OH excluding ortho intramolecular Hbond substituents is 1. The molecule has 4 heteroatoms. The third kappa shape index (κ3) is 8.72. The number of nitrogens with zero attached hydrogens (tertiary/aromatic N) is 2. The number of hydrogen-bond donors (Lipinski definition) is 2. The molecule has 61 heavy (non-hydrogen) atoms. The number of rotatable bonds is 11. The van der Waals surface area contributed by atoms with Gasteiger partial charge in [-0.3, -0.25) is 4.98 Å². The van der Waals surface area contributed by atoms with E-state index in [1.165, 1.54) is 22.3 Å². The van der Waals surface area contributed by atoms with Gasteiger partial charge in [0.05, 0.1) is 23.6 Å². The van der Waals surface area contributed by atoms with E-state index in [1.807, 2.05) is 30.5 Å². The van der Waals surface area contributed by atoms with E-state index in [2.05, 4.69) is 192 Å². The highest BCUT2D eigenvalue weighted by molar-refractivity contribution is 5.93. The molecule has 7 aromatic carbocycles. The minimum Gasteiger partial charge on any atom is -0.508 e. The first kappa shape index (κ1) is 40.9. The second-order valence-electron chi connectivity index (χ2n) is 17.7. The van der Waals surface area contributed by atoms with Crippen molar-refractivity contribution in [2.75, 3.05) is 10.6 Å². The van der Waals surface area contributed by atoms with E-state index >= 15 is 0 Å². The Morgan fingerprint density at radius 1 is 0.508 bits per heavy atom. The Labute approximate surface area is 362 Å². The molecule has 0 unspecified atom stereocenters. The van der Waals surface area contributed by atoms with Crippen LogP contribution in [0.25, 0.3) is 55.8 Å². The lowest BCUT2D eigenvalue weighted by molar-refractivity contribution is 0.468. The van der Waals surface area contributed by atoms with Gasteiger partial charge in [-0.2, -0.15) is 0 Å². The predicted molar refractivity (Wildman–Crippen MR) is 258 cm³/mol. The third-order valence-corrected chi connectivity index (χ3v) is 12.2. The Morgan fingerprint density at radius 3 is 1.80 bits per heavy atom. The minimum absolute atomic E-state index is 0.0132. The van der Waals surface area contributed by atoms with Crippen LogP contribution < -0.4 is 10.6 Å². The van der Waals surface area contributed by atoms with E-state index in [-0.39, 0.29) is 16.6 Å². The maximum atomic E-state index is 11.2. The van der Waals surface area contributed by atoms with Gasteiger partial charge in [0.1, 0.15) is 5.75 Å². The number of nitrogens with two attached hydrogens (primary N) is 1. The van der Waals surface area contributed by atoms with Gasteiger partial charge >= 0.3 is 0 Å². The average molecular weight is 798 g/mol. The Kier molecular flexibility index (Phi) is 11.4. The highest BCUT2D eigenvalue weighted by Gasteiger charge is 2.25. The molecular formula is C57H55N3O. The molecule has 0 saturated carbocycles. The highest BCUT2D eigenvalue weighted by Crippen LogP contribution is 2.45. The zero-order chi connectivity index (χ0) is 42.7. The second-order valence-corrected chi connectivity index (χ2v) is 17.7. The van der Waals surface area contributed by atoms with Crippen molar-refractivity contribution in [1.82, 2.24) is 4.98 Å². The van der Waals surface area contributed by atoms with Crippen LogP contribution in [0.2, 0.25) is 0 Å². The molecule has 0 bridgehead atoms. The van der Waals surface area contributed by atoms with Gasteiger partial charge in [-0.25, -0.2) is 0 Å². The second kappa shape index (κ2) is 17.0. The summed E-state index contributed by atoms with van der Waals surface area (Å²) < 4.78 is 0. The minimum atomic E-state index is -0.141. The largest absolute Gasteiger partial charge is 0.508 e. The number of pyridine rings is 1. The fraction of sp³-hybridized carbons (Fsp3) is 0.175. The van der Waals surface area contributed by atoms with Gasteiger partial charge in [-0.05, 0) is 110 Å². The van der Waals surface area contributed by atoms with Gasteiger partial charge in [0, 0.05) is 34.1 Å². The molecular weight excluding hydrogens is 743 g/mol. The van der Waals surface area contributed by atoms with Crippen molar-refractivity contribution in [1.29, 1.82) is 0 Å². The predicted octanol–water partition coefficient (Wildman–Crippen LogP) is 15.0. The molecule has 0 spiro atoms. The van der Waals surface area contributed by atoms with Crippen molar-refractivity contribution >= 4 is 17.1 Å². The monoisotopic (exact) mass is 797 g/mol. The van der Waals surface area contributed by atoms with Gasteiger partial charge in [0.25, 0.3) is 0 Å². The van der Waals surface area contributed by atoms with Crippen molar-refractivity contribution in [2.24, 2.45) is 0 Å². The van der Waals surface area contributed by atoms with Crippen molar-refractivity contribution in [2.45, 2.75) is 65.3 Å². The molecule has 1 heterocycles. The van der Waals surface area contributed by atoms with Crippen molar-refractivity contribution in [3.63, 3.8) is 0 Å². The van der Waals surface area contributed by atoms with E-state index in [9.17, 15) is 5.11 Å². The summed E-state index contributed by atoms with van der Waals surface area (Å²) in [5, 5.41) is 11.2. The number of hydrogen-bond acceptors (Lipinski definition) is 4. The summed E-state index contributed by atoms with van der Waals surface area (Å²) in [5.74, 6) is 0.247. The number of benzene rings is 7. The summed E-state index contributed by atoms with van der Waals surface area (Å²) in [5.41, 5.74) is 23.8. The molecule has 304 valence electrons. The molecule has 0 amide bonds. The summed E-state index contributed by atoms with van der Waals surface area (Å²) in [6, 6.07) is 61.5. The van der Waals surface area contributed by atoms with E-state index in [1.54, 1.807) is 6.07 Å². The molecule has 0 fully saturated rings. The lowest BCUT2D eigenvalue weighted by atomic mass is 9.80. The van der Waals surface area contributed by atoms with Crippen LogP contribution in [0.15, 0.2) is 182 Å². The highest BCUT2D eigenvalue weighted by atomic mass is 16.3. The summed E-state index contributed by atoms with van der Waals surface area (Å²) in [6.45, 7) is 14.0. The van der Waals surface area contributed by atoms with Crippen molar-refractivity contribution in [3.05, 3.63) is 199 Å². The number of nitrogen functional groups attached to an aromatic ring is 1. The molecule has 8 rings (SSSR count). The lowest BCUT2D eigenvalue weighted by Crippen LogP contribution is -2.21. The summed E-state index contributed by atoms with van der Waals surface area (Å²) >= 11 is 0. The standard InChI is InChI=1S/C57H55N3O/c1-7-57(5,6)47-29-30-52(50(37-47)42-19-12-9-13-20-42)60(38-44-21-14-15-24-54(44)61)53-23-16-22-49(55(53)58)45-33-46(35-48(34-45)56(2,3)4)51-36-43(31-32-59-51)41-27-25-40(26-28-41)39-17-10-8-11-18-39/h8-37,61H,7,38,58H2,1-6H3. The number of anilines is 3. The number of aromatic hydroxyl groups is 1.